The fourth-order valence-corrected chi connectivity index (χ4v) is 0.682. The van der Waals surface area contributed by atoms with Crippen LogP contribution in [0.25, 0.3) is 0 Å². The third-order valence-corrected chi connectivity index (χ3v) is 1.16. The molecule has 0 aliphatic carbocycles. The molecule has 0 aliphatic heterocycles. The lowest BCUT2D eigenvalue weighted by Crippen LogP contribution is -1.77. The molecule has 3 radical (unpaired) electrons. The van der Waals surface area contributed by atoms with E-state index in [0.29, 0.717) is 5.92 Å². The molecule has 0 bridgehead atoms. The SMILES string of the molecule is [CH2][C]([CH2])C#Cc1ccccc1. The zero-order chi connectivity index (χ0) is 8.10. The van der Waals surface area contributed by atoms with Gasteiger partial charge in [0.15, 0.2) is 0 Å². The molecule has 1 aromatic rings. The summed E-state index contributed by atoms with van der Waals surface area (Å²) in [5.74, 6) is 6.39. The molecular formula is C11H9. The Labute approximate surface area is 68.3 Å². The first kappa shape index (κ1) is 7.88. The summed E-state index contributed by atoms with van der Waals surface area (Å²) in [6.07, 6.45) is 0. The molecule has 0 saturated heterocycles. The Bertz CT molecular complexity index is 259. The highest BCUT2D eigenvalue weighted by atomic mass is 13.9. The number of hydrogen-bond acceptors (Lipinski definition) is 0. The van der Waals surface area contributed by atoms with Crippen LogP contribution in [-0.4, -0.2) is 0 Å². The molecule has 11 heavy (non-hydrogen) atoms. The van der Waals surface area contributed by atoms with E-state index in [0.717, 1.165) is 5.56 Å². The van der Waals surface area contributed by atoms with E-state index in [2.05, 4.69) is 25.7 Å². The van der Waals surface area contributed by atoms with Gasteiger partial charge in [0.25, 0.3) is 0 Å². The standard InChI is InChI=1S/C11H9/c1-10(2)8-9-11-6-4-3-5-7-11/h3-7H,1-2H2. The van der Waals surface area contributed by atoms with Gasteiger partial charge in [-0.2, -0.15) is 0 Å². The first-order valence-corrected chi connectivity index (χ1v) is 3.37. The molecule has 0 atom stereocenters. The molecule has 0 unspecified atom stereocenters. The first-order valence-electron chi connectivity index (χ1n) is 3.37. The lowest BCUT2D eigenvalue weighted by atomic mass is 10.2. The average Bonchev–Trinajstić information content (AvgIpc) is 2.03. The Balaban J connectivity index is 2.75. The normalized spacial score (nSPS) is 9.00. The fourth-order valence-electron chi connectivity index (χ4n) is 0.682. The van der Waals surface area contributed by atoms with Gasteiger partial charge in [0.2, 0.25) is 0 Å². The lowest BCUT2D eigenvalue weighted by Gasteiger charge is -1.87. The van der Waals surface area contributed by atoms with Crippen LogP contribution in [0.5, 0.6) is 0 Å². The van der Waals surface area contributed by atoms with Crippen LogP contribution in [0.1, 0.15) is 5.56 Å². The van der Waals surface area contributed by atoms with Crippen molar-refractivity contribution in [3.05, 3.63) is 55.7 Å². The second-order valence-electron chi connectivity index (χ2n) is 2.22. The summed E-state index contributed by atoms with van der Waals surface area (Å²) in [6.45, 7) is 7.17. The molecule has 0 saturated carbocycles. The van der Waals surface area contributed by atoms with Crippen molar-refractivity contribution < 1.29 is 0 Å². The number of hydrogen-bond donors (Lipinski definition) is 0. The highest BCUT2D eigenvalue weighted by molar-refractivity contribution is 5.39. The number of rotatable bonds is 0. The van der Waals surface area contributed by atoms with Gasteiger partial charge >= 0.3 is 0 Å². The maximum absolute atomic E-state index is 3.59. The van der Waals surface area contributed by atoms with Crippen LogP contribution in [0.15, 0.2) is 30.3 Å². The topological polar surface area (TPSA) is 0 Å². The third-order valence-electron chi connectivity index (χ3n) is 1.16. The van der Waals surface area contributed by atoms with Gasteiger partial charge in [-0.1, -0.05) is 30.0 Å². The van der Waals surface area contributed by atoms with Crippen LogP contribution in [-0.2, 0) is 0 Å². The van der Waals surface area contributed by atoms with Crippen molar-refractivity contribution in [3.8, 4) is 11.8 Å². The fraction of sp³-hybridized carbons (Fsp3) is 0. The molecule has 0 aliphatic rings. The van der Waals surface area contributed by atoms with Crippen LogP contribution in [0.4, 0.5) is 0 Å². The molecule has 0 amide bonds. The Morgan fingerprint density at radius 1 is 1.09 bits per heavy atom. The third kappa shape index (κ3) is 2.91. The van der Waals surface area contributed by atoms with Crippen molar-refractivity contribution in [1.29, 1.82) is 0 Å². The van der Waals surface area contributed by atoms with Crippen molar-refractivity contribution in [2.45, 2.75) is 0 Å². The molecule has 1 aromatic carbocycles. The summed E-state index contributed by atoms with van der Waals surface area (Å²) >= 11 is 0. The number of benzene rings is 1. The highest BCUT2D eigenvalue weighted by Crippen LogP contribution is 1.96. The van der Waals surface area contributed by atoms with Gasteiger partial charge < -0.3 is 0 Å². The Morgan fingerprint density at radius 2 is 1.73 bits per heavy atom. The molecule has 0 spiro atoms. The predicted octanol–water partition coefficient (Wildman–Crippen LogP) is 2.28. The van der Waals surface area contributed by atoms with Gasteiger partial charge in [-0.25, -0.2) is 0 Å². The van der Waals surface area contributed by atoms with Crippen LogP contribution in [0.2, 0.25) is 0 Å². The molecule has 0 heteroatoms. The lowest BCUT2D eigenvalue weighted by molar-refractivity contribution is 1.56. The van der Waals surface area contributed by atoms with Crippen LogP contribution in [0.3, 0.4) is 0 Å². The van der Waals surface area contributed by atoms with E-state index in [4.69, 9.17) is 0 Å². The molecule has 0 N–H and O–H groups in total. The van der Waals surface area contributed by atoms with E-state index in [-0.39, 0.29) is 0 Å². The summed E-state index contributed by atoms with van der Waals surface area (Å²) in [5.41, 5.74) is 0.998. The van der Waals surface area contributed by atoms with Gasteiger partial charge in [0.05, 0.1) is 0 Å². The van der Waals surface area contributed by atoms with Crippen molar-refractivity contribution in [2.24, 2.45) is 0 Å². The van der Waals surface area contributed by atoms with Gasteiger partial charge in [-0.15, -0.1) is 0 Å². The summed E-state index contributed by atoms with van der Waals surface area (Å²) in [6, 6.07) is 9.78. The summed E-state index contributed by atoms with van der Waals surface area (Å²) < 4.78 is 0. The van der Waals surface area contributed by atoms with E-state index < -0.39 is 0 Å². The second kappa shape index (κ2) is 3.83. The molecule has 0 aromatic heterocycles. The molecule has 0 heterocycles. The quantitative estimate of drug-likeness (QED) is 0.486. The van der Waals surface area contributed by atoms with Crippen LogP contribution >= 0.6 is 0 Å². The summed E-state index contributed by atoms with van der Waals surface area (Å²) in [5, 5.41) is 0. The average molecular weight is 141 g/mol. The van der Waals surface area contributed by atoms with Crippen LogP contribution < -0.4 is 0 Å². The Morgan fingerprint density at radius 3 is 2.27 bits per heavy atom. The maximum atomic E-state index is 3.59. The van der Waals surface area contributed by atoms with E-state index >= 15 is 0 Å². The van der Waals surface area contributed by atoms with E-state index in [9.17, 15) is 0 Å². The van der Waals surface area contributed by atoms with E-state index in [1.807, 2.05) is 30.3 Å². The van der Waals surface area contributed by atoms with Crippen molar-refractivity contribution in [3.63, 3.8) is 0 Å². The van der Waals surface area contributed by atoms with Gasteiger partial charge in [-0.05, 0) is 26.0 Å². The second-order valence-corrected chi connectivity index (χ2v) is 2.22. The molecular weight excluding hydrogens is 132 g/mol. The van der Waals surface area contributed by atoms with Gasteiger partial charge in [-0.3, -0.25) is 0 Å². The Kier molecular flexibility index (Phi) is 2.74. The minimum absolute atomic E-state index is 0.647. The van der Waals surface area contributed by atoms with Gasteiger partial charge in [0.1, 0.15) is 0 Å². The molecule has 1 rings (SSSR count). The summed E-state index contributed by atoms with van der Waals surface area (Å²) in [4.78, 5) is 0. The van der Waals surface area contributed by atoms with Crippen molar-refractivity contribution >= 4 is 0 Å². The first-order chi connectivity index (χ1) is 5.29. The smallest absolute Gasteiger partial charge is 0.0484 e. The monoisotopic (exact) mass is 141 g/mol. The zero-order valence-electron chi connectivity index (χ0n) is 6.30. The minimum Gasteiger partial charge on any atom is -0.0895 e. The van der Waals surface area contributed by atoms with Gasteiger partial charge in [0, 0.05) is 11.5 Å². The molecule has 0 nitrogen and oxygen atoms in total. The largest absolute Gasteiger partial charge is 0.0895 e. The highest BCUT2D eigenvalue weighted by Gasteiger charge is 1.84. The Hall–Kier alpha value is -1.22. The molecule has 0 fully saturated rings. The summed E-state index contributed by atoms with van der Waals surface area (Å²) in [7, 11) is 0. The van der Waals surface area contributed by atoms with Crippen molar-refractivity contribution in [2.75, 3.05) is 0 Å². The molecule has 53 valence electrons. The van der Waals surface area contributed by atoms with E-state index in [1.165, 1.54) is 0 Å². The van der Waals surface area contributed by atoms with Crippen LogP contribution in [0, 0.1) is 31.6 Å². The minimum atomic E-state index is 0.647. The predicted molar refractivity (Wildman–Crippen MR) is 47.3 cm³/mol. The maximum Gasteiger partial charge on any atom is 0.0484 e. The van der Waals surface area contributed by atoms with Crippen molar-refractivity contribution in [1.82, 2.24) is 0 Å². The zero-order valence-corrected chi connectivity index (χ0v) is 6.30. The van der Waals surface area contributed by atoms with E-state index in [1.54, 1.807) is 0 Å².